The van der Waals surface area contributed by atoms with Gasteiger partial charge in [-0.2, -0.15) is 0 Å². The smallest absolute Gasteiger partial charge is 0.326 e. The third-order valence-electron chi connectivity index (χ3n) is 7.06. The highest BCUT2D eigenvalue weighted by molar-refractivity contribution is 5.96. The largest absolute Gasteiger partial charge is 0.451 e. The second-order valence-electron chi connectivity index (χ2n) is 9.76. The number of anilines is 2. The van der Waals surface area contributed by atoms with Gasteiger partial charge in [-0.05, 0) is 87.5 Å². The fraction of sp³-hybridized carbons (Fsp3) is 0.583. The van der Waals surface area contributed by atoms with E-state index in [4.69, 9.17) is 4.74 Å². The maximum atomic E-state index is 12.9. The Morgan fingerprint density at radius 1 is 0.938 bits per heavy atom. The number of hydrogen-bond acceptors (Lipinski definition) is 5. The lowest BCUT2D eigenvalue weighted by Gasteiger charge is -2.55. The maximum absolute atomic E-state index is 12.9. The standard InChI is InChI=1S/C24H31N3O5/c1-14(22(30)27-20-5-3-19(4-6-20)26-15(2)28)32-21(29)13-25-23(31)24-10-16-7-17(11-24)9-18(8-16)12-24/h3-6,14,16-18H,7-13H2,1-2H3,(H,25,31)(H,26,28)(H,27,30). The summed E-state index contributed by atoms with van der Waals surface area (Å²) in [4.78, 5) is 48.6. The van der Waals surface area contributed by atoms with Gasteiger partial charge in [0.05, 0.1) is 0 Å². The van der Waals surface area contributed by atoms with Crippen LogP contribution in [0.2, 0.25) is 0 Å². The van der Waals surface area contributed by atoms with Gasteiger partial charge in [-0.15, -0.1) is 0 Å². The Kier molecular flexibility index (Phi) is 6.22. The van der Waals surface area contributed by atoms with Gasteiger partial charge in [-0.25, -0.2) is 0 Å². The molecule has 4 aliphatic rings. The lowest BCUT2D eigenvalue weighted by Crippen LogP contribution is -2.54. The van der Waals surface area contributed by atoms with Crippen molar-refractivity contribution in [1.82, 2.24) is 5.32 Å². The van der Waals surface area contributed by atoms with Gasteiger partial charge in [0.2, 0.25) is 11.8 Å². The average molecular weight is 442 g/mol. The highest BCUT2D eigenvalue weighted by Crippen LogP contribution is 2.60. The van der Waals surface area contributed by atoms with Gasteiger partial charge in [0.1, 0.15) is 6.54 Å². The molecule has 4 bridgehead atoms. The van der Waals surface area contributed by atoms with Gasteiger partial charge < -0.3 is 20.7 Å². The molecule has 1 aromatic carbocycles. The quantitative estimate of drug-likeness (QED) is 0.563. The molecule has 1 unspecified atom stereocenters. The molecule has 0 aliphatic heterocycles. The predicted octanol–water partition coefficient (Wildman–Crippen LogP) is 2.85. The molecule has 3 amide bonds. The first-order chi connectivity index (χ1) is 15.2. The number of hydrogen-bond donors (Lipinski definition) is 3. The number of esters is 1. The molecule has 8 heteroatoms. The Hall–Kier alpha value is -2.90. The molecule has 8 nitrogen and oxygen atoms in total. The summed E-state index contributed by atoms with van der Waals surface area (Å²) in [5.41, 5.74) is 0.813. The third-order valence-corrected chi connectivity index (χ3v) is 7.06. The summed E-state index contributed by atoms with van der Waals surface area (Å²) in [6, 6.07) is 6.61. The van der Waals surface area contributed by atoms with Crippen LogP contribution in [0.4, 0.5) is 11.4 Å². The van der Waals surface area contributed by atoms with Gasteiger partial charge in [0, 0.05) is 23.7 Å². The lowest BCUT2D eigenvalue weighted by molar-refractivity contribution is -0.155. The zero-order valence-corrected chi connectivity index (χ0v) is 18.6. The normalized spacial score (nSPS) is 28.5. The zero-order chi connectivity index (χ0) is 22.9. The monoisotopic (exact) mass is 441 g/mol. The average Bonchev–Trinajstić information content (AvgIpc) is 2.72. The van der Waals surface area contributed by atoms with Crippen molar-refractivity contribution in [3.8, 4) is 0 Å². The van der Waals surface area contributed by atoms with Crippen molar-refractivity contribution < 1.29 is 23.9 Å². The van der Waals surface area contributed by atoms with Crippen molar-refractivity contribution in [3.63, 3.8) is 0 Å². The minimum absolute atomic E-state index is 0.0371. The van der Waals surface area contributed by atoms with Crippen molar-refractivity contribution in [3.05, 3.63) is 24.3 Å². The topological polar surface area (TPSA) is 114 Å². The van der Waals surface area contributed by atoms with E-state index in [2.05, 4.69) is 16.0 Å². The molecule has 4 fully saturated rings. The van der Waals surface area contributed by atoms with Crippen LogP contribution in [0.5, 0.6) is 0 Å². The van der Waals surface area contributed by atoms with Crippen LogP contribution in [-0.2, 0) is 23.9 Å². The van der Waals surface area contributed by atoms with Crippen molar-refractivity contribution in [2.45, 2.75) is 58.5 Å². The van der Waals surface area contributed by atoms with Crippen molar-refractivity contribution in [2.75, 3.05) is 17.2 Å². The molecule has 0 saturated heterocycles. The molecule has 0 aromatic heterocycles. The van der Waals surface area contributed by atoms with E-state index in [0.29, 0.717) is 29.1 Å². The number of carbonyl (C=O) groups is 4. The first kappa shape index (κ1) is 22.3. The van der Waals surface area contributed by atoms with Crippen LogP contribution in [0.25, 0.3) is 0 Å². The second kappa shape index (κ2) is 8.92. The first-order valence-electron chi connectivity index (χ1n) is 11.4. The Bertz CT molecular complexity index is 875. The Morgan fingerprint density at radius 2 is 1.44 bits per heavy atom. The van der Waals surface area contributed by atoms with E-state index >= 15 is 0 Å². The summed E-state index contributed by atoms with van der Waals surface area (Å²) >= 11 is 0. The van der Waals surface area contributed by atoms with Crippen molar-refractivity contribution in [2.24, 2.45) is 23.2 Å². The first-order valence-corrected chi connectivity index (χ1v) is 11.4. The van der Waals surface area contributed by atoms with Crippen molar-refractivity contribution in [1.29, 1.82) is 0 Å². The molecule has 5 rings (SSSR count). The number of amides is 3. The Morgan fingerprint density at radius 3 is 1.94 bits per heavy atom. The Labute approximate surface area is 187 Å². The summed E-state index contributed by atoms with van der Waals surface area (Å²) in [7, 11) is 0. The maximum Gasteiger partial charge on any atom is 0.326 e. The molecule has 4 aliphatic carbocycles. The predicted molar refractivity (Wildman–Crippen MR) is 119 cm³/mol. The van der Waals surface area contributed by atoms with E-state index in [1.54, 1.807) is 24.3 Å². The second-order valence-corrected chi connectivity index (χ2v) is 9.76. The zero-order valence-electron chi connectivity index (χ0n) is 18.6. The number of nitrogens with one attached hydrogen (secondary N) is 3. The third kappa shape index (κ3) is 4.95. The van der Waals surface area contributed by atoms with E-state index in [9.17, 15) is 19.2 Å². The van der Waals surface area contributed by atoms with Crippen LogP contribution in [0.15, 0.2) is 24.3 Å². The highest BCUT2D eigenvalue weighted by atomic mass is 16.5. The number of rotatable bonds is 7. The van der Waals surface area contributed by atoms with Gasteiger partial charge in [-0.1, -0.05) is 0 Å². The summed E-state index contributed by atoms with van der Waals surface area (Å²) < 4.78 is 5.21. The summed E-state index contributed by atoms with van der Waals surface area (Å²) in [5, 5.41) is 8.08. The van der Waals surface area contributed by atoms with E-state index in [-0.39, 0.29) is 23.8 Å². The summed E-state index contributed by atoms with van der Waals surface area (Å²) in [6.45, 7) is 2.67. The Balaban J connectivity index is 1.23. The molecule has 0 heterocycles. The molecular weight excluding hydrogens is 410 g/mol. The van der Waals surface area contributed by atoms with Gasteiger partial charge in [0.15, 0.2) is 6.10 Å². The van der Waals surface area contributed by atoms with Crippen LogP contribution >= 0.6 is 0 Å². The summed E-state index contributed by atoms with van der Waals surface area (Å²) in [5.74, 6) is 0.618. The van der Waals surface area contributed by atoms with Gasteiger partial charge >= 0.3 is 5.97 Å². The van der Waals surface area contributed by atoms with Crippen LogP contribution in [0.3, 0.4) is 0 Å². The fourth-order valence-corrected chi connectivity index (χ4v) is 6.11. The van der Waals surface area contributed by atoms with Crippen LogP contribution in [0.1, 0.15) is 52.4 Å². The molecule has 172 valence electrons. The molecule has 1 aromatic rings. The van der Waals surface area contributed by atoms with E-state index < -0.39 is 18.0 Å². The molecule has 0 radical (unpaired) electrons. The van der Waals surface area contributed by atoms with E-state index in [1.807, 2.05) is 0 Å². The molecule has 1 atom stereocenters. The molecular formula is C24H31N3O5. The lowest BCUT2D eigenvalue weighted by atomic mass is 9.49. The molecule has 4 saturated carbocycles. The van der Waals surface area contributed by atoms with Crippen LogP contribution < -0.4 is 16.0 Å². The van der Waals surface area contributed by atoms with E-state index in [0.717, 1.165) is 19.3 Å². The SMILES string of the molecule is CC(=O)Nc1ccc(NC(=O)C(C)OC(=O)CNC(=O)C23CC4CC(CC(C4)C2)C3)cc1. The minimum Gasteiger partial charge on any atom is -0.451 e. The number of ether oxygens (including phenoxy) is 1. The van der Waals surface area contributed by atoms with Gasteiger partial charge in [0.25, 0.3) is 5.91 Å². The molecule has 0 spiro atoms. The highest BCUT2D eigenvalue weighted by Gasteiger charge is 2.54. The number of carbonyl (C=O) groups excluding carboxylic acids is 4. The van der Waals surface area contributed by atoms with Gasteiger partial charge in [-0.3, -0.25) is 19.2 Å². The molecule has 3 N–H and O–H groups in total. The van der Waals surface area contributed by atoms with E-state index in [1.165, 1.54) is 33.1 Å². The van der Waals surface area contributed by atoms with Crippen molar-refractivity contribution >= 4 is 35.1 Å². The van der Waals surface area contributed by atoms with Crippen LogP contribution in [0, 0.1) is 23.2 Å². The number of benzene rings is 1. The minimum atomic E-state index is -1.01. The fourth-order valence-electron chi connectivity index (χ4n) is 6.11. The van der Waals surface area contributed by atoms with Crippen LogP contribution in [-0.4, -0.2) is 36.3 Å². The molecule has 32 heavy (non-hydrogen) atoms. The summed E-state index contributed by atoms with van der Waals surface area (Å²) in [6.07, 6.45) is 5.53.